The number of carbonyl (C=O) groups is 1. The number of unbranched alkanes of at least 4 members (excludes halogenated alkanes) is 1. The van der Waals surface area contributed by atoms with Crippen LogP contribution in [0.15, 0.2) is 23.9 Å². The summed E-state index contributed by atoms with van der Waals surface area (Å²) in [6.07, 6.45) is 3.18. The number of benzene rings is 1. The van der Waals surface area contributed by atoms with E-state index in [1.54, 1.807) is 18.2 Å². The third-order valence-corrected chi connectivity index (χ3v) is 3.56. The van der Waals surface area contributed by atoms with Crippen LogP contribution in [-0.2, 0) is 4.79 Å². The van der Waals surface area contributed by atoms with Crippen molar-refractivity contribution in [1.82, 2.24) is 10.8 Å². The fourth-order valence-electron chi connectivity index (χ4n) is 2.25. The molecular formula is C16H22N2O3. The number of nitrogens with one attached hydrogen (secondary N) is 2. The molecule has 1 heterocycles. The number of amides is 1. The van der Waals surface area contributed by atoms with E-state index in [-0.39, 0.29) is 11.7 Å². The van der Waals surface area contributed by atoms with Crippen LogP contribution in [0.4, 0.5) is 0 Å². The molecule has 5 heteroatoms. The van der Waals surface area contributed by atoms with Gasteiger partial charge in [-0.15, -0.1) is 0 Å². The normalized spacial score (nSPS) is 13.2. The van der Waals surface area contributed by atoms with Crippen molar-refractivity contribution in [2.24, 2.45) is 0 Å². The summed E-state index contributed by atoms with van der Waals surface area (Å²) >= 11 is 0. The maximum Gasteiger partial charge on any atom is 0.220 e. The summed E-state index contributed by atoms with van der Waals surface area (Å²) < 4.78 is 0. The van der Waals surface area contributed by atoms with Gasteiger partial charge >= 0.3 is 0 Å². The Kier molecular flexibility index (Phi) is 5.09. The van der Waals surface area contributed by atoms with Crippen molar-refractivity contribution < 1.29 is 14.7 Å². The van der Waals surface area contributed by atoms with E-state index < -0.39 is 0 Å². The number of fused-ring (bicyclic) bond motifs is 1. The smallest absolute Gasteiger partial charge is 0.220 e. The molecule has 5 nitrogen and oxygen atoms in total. The number of hydroxylamine groups is 1. The molecule has 1 aromatic rings. The molecule has 3 N–H and O–H groups in total. The Bertz CT molecular complexity index is 552. The van der Waals surface area contributed by atoms with Crippen molar-refractivity contribution in [2.75, 3.05) is 6.54 Å². The van der Waals surface area contributed by atoms with Gasteiger partial charge in [0.1, 0.15) is 5.75 Å². The second-order valence-corrected chi connectivity index (χ2v) is 5.19. The molecule has 0 bridgehead atoms. The molecule has 0 unspecified atom stereocenters. The van der Waals surface area contributed by atoms with E-state index >= 15 is 0 Å². The zero-order valence-electron chi connectivity index (χ0n) is 12.5. The maximum absolute atomic E-state index is 11.6. The number of aromatic hydroxyl groups is 1. The van der Waals surface area contributed by atoms with Crippen LogP contribution in [0.3, 0.4) is 0 Å². The first-order valence-electron chi connectivity index (χ1n) is 7.34. The molecule has 0 spiro atoms. The minimum atomic E-state index is 0.0878. The maximum atomic E-state index is 11.6. The second-order valence-electron chi connectivity index (χ2n) is 5.19. The summed E-state index contributed by atoms with van der Waals surface area (Å²) in [4.78, 5) is 17.0. The van der Waals surface area contributed by atoms with Crippen molar-refractivity contribution in [1.29, 1.82) is 0 Å². The third kappa shape index (κ3) is 3.90. The van der Waals surface area contributed by atoms with Gasteiger partial charge in [0.15, 0.2) is 5.75 Å². The van der Waals surface area contributed by atoms with Crippen LogP contribution < -0.4 is 15.6 Å². The summed E-state index contributed by atoms with van der Waals surface area (Å²) in [7, 11) is 0. The SMILES string of the molecule is CCCCC(=O)NCCC1=C(C)c2cc(O)ccc2ON1. The number of hydrogen-bond acceptors (Lipinski definition) is 4. The molecule has 0 aliphatic carbocycles. The molecule has 1 aliphatic rings. The van der Waals surface area contributed by atoms with Gasteiger partial charge in [-0.2, -0.15) is 0 Å². The Morgan fingerprint density at radius 2 is 2.24 bits per heavy atom. The van der Waals surface area contributed by atoms with E-state index in [1.165, 1.54) is 0 Å². The molecule has 21 heavy (non-hydrogen) atoms. The molecule has 0 saturated carbocycles. The largest absolute Gasteiger partial charge is 0.508 e. The molecule has 0 saturated heterocycles. The van der Waals surface area contributed by atoms with E-state index in [9.17, 15) is 9.90 Å². The van der Waals surface area contributed by atoms with E-state index in [0.29, 0.717) is 25.1 Å². The predicted octanol–water partition coefficient (Wildman–Crippen LogP) is 2.72. The molecule has 0 fully saturated rings. The molecule has 114 valence electrons. The summed E-state index contributed by atoms with van der Waals surface area (Å²) in [5, 5.41) is 12.5. The van der Waals surface area contributed by atoms with Gasteiger partial charge in [0.2, 0.25) is 5.91 Å². The third-order valence-electron chi connectivity index (χ3n) is 3.56. The Morgan fingerprint density at radius 3 is 3.00 bits per heavy atom. The van der Waals surface area contributed by atoms with Gasteiger partial charge in [0.25, 0.3) is 0 Å². The van der Waals surface area contributed by atoms with Crippen LogP contribution in [0.25, 0.3) is 5.57 Å². The van der Waals surface area contributed by atoms with Crippen molar-refractivity contribution in [3.63, 3.8) is 0 Å². The average molecular weight is 290 g/mol. The molecule has 0 atom stereocenters. The topological polar surface area (TPSA) is 70.6 Å². The van der Waals surface area contributed by atoms with Gasteiger partial charge in [-0.25, -0.2) is 5.48 Å². The van der Waals surface area contributed by atoms with Crippen LogP contribution in [-0.4, -0.2) is 17.6 Å². The summed E-state index contributed by atoms with van der Waals surface area (Å²) in [5.74, 6) is 0.997. The molecule has 0 aromatic heterocycles. The van der Waals surface area contributed by atoms with Crippen LogP contribution in [0, 0.1) is 0 Å². The Labute approximate surface area is 125 Å². The van der Waals surface area contributed by atoms with Gasteiger partial charge in [-0.05, 0) is 37.1 Å². The number of rotatable bonds is 6. The molecule has 2 rings (SSSR count). The van der Waals surface area contributed by atoms with Crippen molar-refractivity contribution in [3.05, 3.63) is 29.5 Å². The first kappa shape index (κ1) is 15.2. The van der Waals surface area contributed by atoms with E-state index in [0.717, 1.165) is 29.7 Å². The monoisotopic (exact) mass is 290 g/mol. The van der Waals surface area contributed by atoms with Crippen molar-refractivity contribution in [2.45, 2.75) is 39.5 Å². The number of phenolic OH excluding ortho intramolecular Hbond substituents is 1. The van der Waals surface area contributed by atoms with Gasteiger partial charge in [0.05, 0.1) is 5.70 Å². The van der Waals surface area contributed by atoms with Gasteiger partial charge in [0, 0.05) is 24.9 Å². The first-order chi connectivity index (χ1) is 10.1. The minimum Gasteiger partial charge on any atom is -0.508 e. The Balaban J connectivity index is 1.95. The fourth-order valence-corrected chi connectivity index (χ4v) is 2.25. The highest BCUT2D eigenvalue weighted by molar-refractivity contribution is 5.76. The van der Waals surface area contributed by atoms with E-state index in [4.69, 9.17) is 4.84 Å². The highest BCUT2D eigenvalue weighted by Crippen LogP contribution is 2.34. The predicted molar refractivity (Wildman–Crippen MR) is 81.6 cm³/mol. The minimum absolute atomic E-state index is 0.0878. The molecular weight excluding hydrogens is 268 g/mol. The molecule has 0 radical (unpaired) electrons. The standard InChI is InChI=1S/C16H22N2O3/c1-3-4-5-16(20)17-9-8-14-11(2)13-10-12(19)6-7-15(13)21-18-14/h6-7,10,18-19H,3-5,8-9H2,1-2H3,(H,17,20). The Hall–Kier alpha value is -2.17. The van der Waals surface area contributed by atoms with Gasteiger partial charge in [-0.1, -0.05) is 13.3 Å². The zero-order chi connectivity index (χ0) is 15.2. The number of hydrogen-bond donors (Lipinski definition) is 3. The van der Waals surface area contributed by atoms with Crippen molar-refractivity contribution >= 4 is 11.5 Å². The lowest BCUT2D eigenvalue weighted by molar-refractivity contribution is -0.121. The quantitative estimate of drug-likeness (QED) is 0.753. The van der Waals surface area contributed by atoms with E-state index in [1.807, 2.05) is 6.92 Å². The number of allylic oxidation sites excluding steroid dienone is 1. The molecule has 1 aromatic carbocycles. The van der Waals surface area contributed by atoms with Crippen LogP contribution >= 0.6 is 0 Å². The zero-order valence-corrected chi connectivity index (χ0v) is 12.5. The van der Waals surface area contributed by atoms with Crippen molar-refractivity contribution in [3.8, 4) is 11.5 Å². The second kappa shape index (κ2) is 7.02. The highest BCUT2D eigenvalue weighted by Gasteiger charge is 2.17. The van der Waals surface area contributed by atoms with Crippen LogP contribution in [0.1, 0.15) is 45.1 Å². The number of carbonyl (C=O) groups excluding carboxylic acids is 1. The van der Waals surface area contributed by atoms with Gasteiger partial charge < -0.3 is 15.3 Å². The lowest BCUT2D eigenvalue weighted by Gasteiger charge is -2.23. The molecule has 1 amide bonds. The molecule has 1 aliphatic heterocycles. The lowest BCUT2D eigenvalue weighted by atomic mass is 10.0. The average Bonchev–Trinajstić information content (AvgIpc) is 2.48. The van der Waals surface area contributed by atoms with Gasteiger partial charge in [-0.3, -0.25) is 4.79 Å². The first-order valence-corrected chi connectivity index (χ1v) is 7.34. The highest BCUT2D eigenvalue weighted by atomic mass is 16.6. The van der Waals surface area contributed by atoms with Crippen LogP contribution in [0.2, 0.25) is 0 Å². The number of phenols is 1. The summed E-state index contributed by atoms with van der Waals surface area (Å²) in [5.41, 5.74) is 5.73. The lowest BCUT2D eigenvalue weighted by Crippen LogP contribution is -2.29. The van der Waals surface area contributed by atoms with Crippen LogP contribution in [0.5, 0.6) is 11.5 Å². The van der Waals surface area contributed by atoms with E-state index in [2.05, 4.69) is 17.7 Å². The fraction of sp³-hybridized carbons (Fsp3) is 0.438. The summed E-state index contributed by atoms with van der Waals surface area (Å²) in [6, 6.07) is 5.00. The summed E-state index contributed by atoms with van der Waals surface area (Å²) in [6.45, 7) is 4.61. The Morgan fingerprint density at radius 1 is 1.43 bits per heavy atom.